The smallest absolute Gasteiger partial charge is 0.330 e. The number of rotatable bonds is 4. The number of hydrogen-bond donors (Lipinski definition) is 2. The summed E-state index contributed by atoms with van der Waals surface area (Å²) in [7, 11) is 0. The highest BCUT2D eigenvalue weighted by Crippen LogP contribution is 2.21. The second kappa shape index (κ2) is 6.07. The average molecular weight is 277 g/mol. The highest BCUT2D eigenvalue weighted by Gasteiger charge is 2.24. The van der Waals surface area contributed by atoms with E-state index in [0.29, 0.717) is 12.0 Å². The molecule has 1 atom stereocenters. The Morgan fingerprint density at radius 2 is 1.65 bits per heavy atom. The van der Waals surface area contributed by atoms with E-state index in [-0.39, 0.29) is 11.3 Å². The molecule has 4 nitrogen and oxygen atoms in total. The van der Waals surface area contributed by atoms with Crippen LogP contribution in [-0.2, 0) is 9.59 Å². The lowest BCUT2D eigenvalue weighted by molar-refractivity contribution is -0.142. The van der Waals surface area contributed by atoms with E-state index in [0.717, 1.165) is 11.1 Å². The highest BCUT2D eigenvalue weighted by atomic mass is 16.4. The number of carboxylic acid groups (broad SMARTS) is 1. The molecular weight excluding hydrogens is 254 g/mol. The van der Waals surface area contributed by atoms with Crippen molar-refractivity contribution in [1.29, 1.82) is 0 Å². The molecule has 0 aliphatic heterocycles. The van der Waals surface area contributed by atoms with Crippen molar-refractivity contribution in [1.82, 2.24) is 5.32 Å². The van der Waals surface area contributed by atoms with Crippen LogP contribution in [0.1, 0.15) is 49.9 Å². The zero-order valence-electron chi connectivity index (χ0n) is 12.8. The Bertz CT molecular complexity index is 495. The predicted molar refractivity (Wildman–Crippen MR) is 78.5 cm³/mol. The third kappa shape index (κ3) is 5.03. The lowest BCUT2D eigenvalue weighted by Crippen LogP contribution is -2.35. The molecule has 0 aliphatic rings. The van der Waals surface area contributed by atoms with Crippen molar-refractivity contribution in [2.75, 3.05) is 0 Å². The molecule has 1 aromatic rings. The molecule has 1 unspecified atom stereocenters. The molecule has 0 radical (unpaired) electrons. The Balaban J connectivity index is 2.95. The summed E-state index contributed by atoms with van der Waals surface area (Å²) in [5, 5.41) is 11.9. The molecule has 1 aromatic carbocycles. The standard InChI is InChI=1S/C16H23NO3/c1-10-6-11(2)8-12(7-10)14(15(19)20)17-13(18)9-16(3,4)5/h6-8,14H,9H2,1-5H3,(H,17,18)(H,19,20). The zero-order chi connectivity index (χ0) is 15.5. The summed E-state index contributed by atoms with van der Waals surface area (Å²) in [6, 6.07) is 4.56. The van der Waals surface area contributed by atoms with Gasteiger partial charge in [-0.05, 0) is 24.8 Å². The molecule has 0 fully saturated rings. The van der Waals surface area contributed by atoms with Crippen LogP contribution < -0.4 is 5.32 Å². The third-order valence-electron chi connectivity index (χ3n) is 2.82. The Labute approximate surface area is 120 Å². The van der Waals surface area contributed by atoms with Crippen molar-refractivity contribution in [2.45, 2.75) is 47.1 Å². The molecule has 20 heavy (non-hydrogen) atoms. The van der Waals surface area contributed by atoms with Gasteiger partial charge in [0, 0.05) is 6.42 Å². The maximum Gasteiger partial charge on any atom is 0.330 e. The minimum atomic E-state index is -1.04. The summed E-state index contributed by atoms with van der Waals surface area (Å²) in [6.45, 7) is 9.65. The Hall–Kier alpha value is -1.84. The fraction of sp³-hybridized carbons (Fsp3) is 0.500. The number of aryl methyl sites for hydroxylation is 2. The maximum absolute atomic E-state index is 11.9. The molecule has 0 saturated carbocycles. The van der Waals surface area contributed by atoms with Gasteiger partial charge in [-0.3, -0.25) is 4.79 Å². The predicted octanol–water partition coefficient (Wildman–Crippen LogP) is 2.98. The Kier molecular flexibility index (Phi) is 4.93. The zero-order valence-corrected chi connectivity index (χ0v) is 12.8. The van der Waals surface area contributed by atoms with E-state index in [4.69, 9.17) is 0 Å². The molecule has 1 rings (SSSR count). The van der Waals surface area contributed by atoms with Crippen molar-refractivity contribution < 1.29 is 14.7 Å². The lowest BCUT2D eigenvalue weighted by Gasteiger charge is -2.21. The molecule has 4 heteroatoms. The van der Waals surface area contributed by atoms with Crippen LogP contribution in [0.5, 0.6) is 0 Å². The van der Waals surface area contributed by atoms with Gasteiger partial charge in [0.05, 0.1) is 0 Å². The first-order valence-electron chi connectivity index (χ1n) is 6.69. The van der Waals surface area contributed by atoms with Gasteiger partial charge in [-0.15, -0.1) is 0 Å². The van der Waals surface area contributed by atoms with Gasteiger partial charge in [0.2, 0.25) is 5.91 Å². The van der Waals surface area contributed by atoms with Crippen LogP contribution in [-0.4, -0.2) is 17.0 Å². The minimum Gasteiger partial charge on any atom is -0.479 e. The molecule has 0 saturated heterocycles. The molecule has 0 heterocycles. The van der Waals surface area contributed by atoms with Crippen LogP contribution in [0.2, 0.25) is 0 Å². The van der Waals surface area contributed by atoms with Gasteiger partial charge in [0.15, 0.2) is 6.04 Å². The molecule has 0 bridgehead atoms. The van der Waals surface area contributed by atoms with Crippen molar-refractivity contribution in [3.8, 4) is 0 Å². The molecule has 110 valence electrons. The number of amides is 1. The average Bonchev–Trinajstić information content (AvgIpc) is 2.21. The van der Waals surface area contributed by atoms with E-state index in [1.807, 2.05) is 40.7 Å². The second-order valence-electron chi connectivity index (χ2n) is 6.50. The number of hydrogen-bond acceptors (Lipinski definition) is 2. The van der Waals surface area contributed by atoms with Gasteiger partial charge in [-0.25, -0.2) is 4.79 Å². The van der Waals surface area contributed by atoms with Crippen LogP contribution in [0, 0.1) is 19.3 Å². The molecule has 1 amide bonds. The number of carbonyl (C=O) groups is 2. The van der Waals surface area contributed by atoms with E-state index >= 15 is 0 Å². The van der Waals surface area contributed by atoms with Crippen LogP contribution in [0.25, 0.3) is 0 Å². The van der Waals surface area contributed by atoms with E-state index in [9.17, 15) is 14.7 Å². The fourth-order valence-electron chi connectivity index (χ4n) is 2.16. The van der Waals surface area contributed by atoms with E-state index < -0.39 is 12.0 Å². The quantitative estimate of drug-likeness (QED) is 0.889. The first-order valence-corrected chi connectivity index (χ1v) is 6.69. The Morgan fingerprint density at radius 1 is 1.15 bits per heavy atom. The summed E-state index contributed by atoms with van der Waals surface area (Å²) in [6.07, 6.45) is 0.293. The molecule has 0 aromatic heterocycles. The van der Waals surface area contributed by atoms with Crippen LogP contribution in [0.15, 0.2) is 18.2 Å². The van der Waals surface area contributed by atoms with Crippen molar-refractivity contribution in [3.63, 3.8) is 0 Å². The van der Waals surface area contributed by atoms with Gasteiger partial charge in [-0.2, -0.15) is 0 Å². The summed E-state index contributed by atoms with van der Waals surface area (Å²) >= 11 is 0. The summed E-state index contributed by atoms with van der Waals surface area (Å²) in [4.78, 5) is 23.4. The van der Waals surface area contributed by atoms with E-state index in [1.54, 1.807) is 12.1 Å². The normalized spacial score (nSPS) is 12.8. The van der Waals surface area contributed by atoms with Crippen LogP contribution >= 0.6 is 0 Å². The highest BCUT2D eigenvalue weighted by molar-refractivity contribution is 5.84. The van der Waals surface area contributed by atoms with Crippen molar-refractivity contribution in [2.24, 2.45) is 5.41 Å². The lowest BCUT2D eigenvalue weighted by atomic mass is 9.91. The topological polar surface area (TPSA) is 66.4 Å². The van der Waals surface area contributed by atoms with E-state index in [1.165, 1.54) is 0 Å². The van der Waals surface area contributed by atoms with Gasteiger partial charge < -0.3 is 10.4 Å². The number of carbonyl (C=O) groups excluding carboxylic acids is 1. The Morgan fingerprint density at radius 3 is 2.05 bits per heavy atom. The minimum absolute atomic E-state index is 0.171. The maximum atomic E-state index is 11.9. The summed E-state index contributed by atoms with van der Waals surface area (Å²) in [5.74, 6) is -1.29. The molecule has 2 N–H and O–H groups in total. The van der Waals surface area contributed by atoms with Crippen molar-refractivity contribution in [3.05, 3.63) is 34.9 Å². The molecule has 0 spiro atoms. The summed E-state index contributed by atoms with van der Waals surface area (Å²) in [5.41, 5.74) is 2.40. The first kappa shape index (κ1) is 16.2. The third-order valence-corrected chi connectivity index (χ3v) is 2.82. The van der Waals surface area contributed by atoms with Crippen LogP contribution in [0.3, 0.4) is 0 Å². The number of nitrogens with one attached hydrogen (secondary N) is 1. The SMILES string of the molecule is Cc1cc(C)cc(C(NC(=O)CC(C)(C)C)C(=O)O)c1. The number of benzene rings is 1. The first-order chi connectivity index (χ1) is 9.08. The van der Waals surface area contributed by atoms with Gasteiger partial charge >= 0.3 is 5.97 Å². The number of carboxylic acids is 1. The monoisotopic (exact) mass is 277 g/mol. The largest absolute Gasteiger partial charge is 0.479 e. The number of aliphatic carboxylic acids is 1. The molecule has 0 aliphatic carbocycles. The van der Waals surface area contributed by atoms with E-state index in [2.05, 4.69) is 5.32 Å². The summed E-state index contributed by atoms with van der Waals surface area (Å²) < 4.78 is 0. The van der Waals surface area contributed by atoms with Crippen LogP contribution in [0.4, 0.5) is 0 Å². The van der Waals surface area contributed by atoms with Gasteiger partial charge in [-0.1, -0.05) is 50.1 Å². The van der Waals surface area contributed by atoms with Gasteiger partial charge in [0.25, 0.3) is 0 Å². The van der Waals surface area contributed by atoms with Gasteiger partial charge in [0.1, 0.15) is 0 Å². The van der Waals surface area contributed by atoms with Crippen molar-refractivity contribution >= 4 is 11.9 Å². The second-order valence-corrected chi connectivity index (χ2v) is 6.50. The fourth-order valence-corrected chi connectivity index (χ4v) is 2.16. The molecular formula is C16H23NO3.